The predicted molar refractivity (Wildman–Crippen MR) is 86.4 cm³/mol. The van der Waals surface area contributed by atoms with E-state index >= 15 is 0 Å². The molecule has 0 aliphatic carbocycles. The summed E-state index contributed by atoms with van der Waals surface area (Å²) >= 11 is 0. The van der Waals surface area contributed by atoms with Crippen LogP contribution in [0.2, 0.25) is 0 Å². The van der Waals surface area contributed by atoms with Crippen LogP contribution in [-0.4, -0.2) is 35.4 Å². The molecule has 0 saturated heterocycles. The lowest BCUT2D eigenvalue weighted by molar-refractivity contribution is -0.384. The van der Waals surface area contributed by atoms with Gasteiger partial charge in [0.25, 0.3) is 5.69 Å². The van der Waals surface area contributed by atoms with E-state index in [-0.39, 0.29) is 10.6 Å². The van der Waals surface area contributed by atoms with E-state index < -0.39 is 0 Å². The number of hydrogen-bond donors (Lipinski definition) is 1. The minimum absolute atomic E-state index is 0.132. The summed E-state index contributed by atoms with van der Waals surface area (Å²) in [5.74, 6) is 0. The van der Waals surface area contributed by atoms with Crippen molar-refractivity contribution in [1.29, 1.82) is 0 Å². The minimum atomic E-state index is -0.350. The molecule has 1 heterocycles. The molecule has 1 aromatic heterocycles. The molecule has 0 bridgehead atoms. The molecule has 0 aliphatic heterocycles. The van der Waals surface area contributed by atoms with Gasteiger partial charge in [0.05, 0.1) is 4.92 Å². The van der Waals surface area contributed by atoms with Gasteiger partial charge in [-0.1, -0.05) is 13.0 Å². The summed E-state index contributed by atoms with van der Waals surface area (Å²) in [5, 5.41) is 11.9. The summed E-state index contributed by atoms with van der Waals surface area (Å²) in [6, 6.07) is 4.95. The SMILES string of the molecule is CCC(=CCCN(C)C)c1c[nH]c2ccc([N+](=O)[O-])cc12. The zero-order valence-corrected chi connectivity index (χ0v) is 12.7. The van der Waals surface area contributed by atoms with Crippen molar-refractivity contribution in [2.75, 3.05) is 20.6 Å². The number of non-ortho nitro benzene ring substituents is 1. The highest BCUT2D eigenvalue weighted by Crippen LogP contribution is 2.30. The van der Waals surface area contributed by atoms with Gasteiger partial charge in [0, 0.05) is 41.3 Å². The van der Waals surface area contributed by atoms with Crippen LogP contribution in [0.25, 0.3) is 16.5 Å². The van der Waals surface area contributed by atoms with Crippen LogP contribution in [0.5, 0.6) is 0 Å². The quantitative estimate of drug-likeness (QED) is 0.649. The van der Waals surface area contributed by atoms with Crippen molar-refractivity contribution in [2.24, 2.45) is 0 Å². The van der Waals surface area contributed by atoms with Gasteiger partial charge in [0.15, 0.2) is 0 Å². The number of nitrogens with one attached hydrogen (secondary N) is 1. The molecule has 0 fully saturated rings. The fourth-order valence-electron chi connectivity index (χ4n) is 2.43. The van der Waals surface area contributed by atoms with Crippen molar-refractivity contribution in [1.82, 2.24) is 9.88 Å². The zero-order valence-electron chi connectivity index (χ0n) is 12.7. The molecule has 21 heavy (non-hydrogen) atoms. The number of aromatic amines is 1. The zero-order chi connectivity index (χ0) is 15.4. The molecule has 1 N–H and O–H groups in total. The summed E-state index contributed by atoms with van der Waals surface area (Å²) < 4.78 is 0. The number of nitro groups is 1. The Morgan fingerprint density at radius 2 is 2.19 bits per heavy atom. The minimum Gasteiger partial charge on any atom is -0.361 e. The Kier molecular flexibility index (Phi) is 4.75. The molecular formula is C16H21N3O2. The third-order valence-corrected chi connectivity index (χ3v) is 3.57. The van der Waals surface area contributed by atoms with Gasteiger partial charge in [-0.25, -0.2) is 0 Å². The molecule has 5 heteroatoms. The first-order valence-electron chi connectivity index (χ1n) is 7.12. The summed E-state index contributed by atoms with van der Waals surface area (Å²) in [6.07, 6.45) is 6.04. The third kappa shape index (κ3) is 3.49. The lowest BCUT2D eigenvalue weighted by Gasteiger charge is -2.08. The van der Waals surface area contributed by atoms with Gasteiger partial charge in [0.2, 0.25) is 0 Å². The van der Waals surface area contributed by atoms with Gasteiger partial charge in [0.1, 0.15) is 0 Å². The van der Waals surface area contributed by atoms with Crippen molar-refractivity contribution in [3.63, 3.8) is 0 Å². The molecule has 2 rings (SSSR count). The van der Waals surface area contributed by atoms with E-state index in [4.69, 9.17) is 0 Å². The van der Waals surface area contributed by atoms with E-state index in [2.05, 4.69) is 37.0 Å². The Morgan fingerprint density at radius 1 is 1.43 bits per heavy atom. The monoisotopic (exact) mass is 287 g/mol. The molecular weight excluding hydrogens is 266 g/mol. The second-order valence-electron chi connectivity index (χ2n) is 5.36. The van der Waals surface area contributed by atoms with Gasteiger partial charge in [-0.2, -0.15) is 0 Å². The Labute approximate surface area is 124 Å². The number of nitro benzene ring substituents is 1. The second-order valence-corrected chi connectivity index (χ2v) is 5.36. The van der Waals surface area contributed by atoms with Crippen LogP contribution in [-0.2, 0) is 0 Å². The number of aromatic nitrogens is 1. The van der Waals surface area contributed by atoms with E-state index in [1.807, 2.05) is 6.20 Å². The smallest absolute Gasteiger partial charge is 0.270 e. The normalized spacial score (nSPS) is 12.3. The molecule has 0 aliphatic rings. The summed E-state index contributed by atoms with van der Waals surface area (Å²) in [6.45, 7) is 3.10. The highest BCUT2D eigenvalue weighted by Gasteiger charge is 2.12. The molecule has 0 spiro atoms. The molecule has 0 unspecified atom stereocenters. The summed E-state index contributed by atoms with van der Waals surface area (Å²) in [5.41, 5.74) is 3.35. The average Bonchev–Trinajstić information content (AvgIpc) is 2.86. The van der Waals surface area contributed by atoms with E-state index in [9.17, 15) is 10.1 Å². The molecule has 0 saturated carbocycles. The van der Waals surface area contributed by atoms with E-state index in [1.54, 1.807) is 12.1 Å². The lowest BCUT2D eigenvalue weighted by Crippen LogP contribution is -2.11. The maximum absolute atomic E-state index is 10.9. The Bertz CT molecular complexity index is 671. The van der Waals surface area contributed by atoms with Crippen LogP contribution in [0.3, 0.4) is 0 Å². The van der Waals surface area contributed by atoms with E-state index in [0.717, 1.165) is 35.9 Å². The third-order valence-electron chi connectivity index (χ3n) is 3.57. The largest absolute Gasteiger partial charge is 0.361 e. The molecule has 112 valence electrons. The van der Waals surface area contributed by atoms with E-state index in [1.165, 1.54) is 11.6 Å². The van der Waals surface area contributed by atoms with Crippen molar-refractivity contribution in [3.05, 3.63) is 46.1 Å². The average molecular weight is 287 g/mol. The molecule has 0 atom stereocenters. The highest BCUT2D eigenvalue weighted by molar-refractivity contribution is 5.93. The van der Waals surface area contributed by atoms with E-state index in [0.29, 0.717) is 0 Å². The second kappa shape index (κ2) is 6.54. The maximum atomic E-state index is 10.9. The van der Waals surface area contributed by atoms with Crippen LogP contribution in [0, 0.1) is 10.1 Å². The molecule has 0 amide bonds. The number of fused-ring (bicyclic) bond motifs is 1. The van der Waals surface area contributed by atoms with Crippen molar-refractivity contribution >= 4 is 22.2 Å². The van der Waals surface area contributed by atoms with Gasteiger partial charge in [-0.05, 0) is 38.6 Å². The van der Waals surface area contributed by atoms with Crippen LogP contribution >= 0.6 is 0 Å². The molecule has 2 aromatic rings. The fraction of sp³-hybridized carbons (Fsp3) is 0.375. The number of allylic oxidation sites excluding steroid dienone is 1. The molecule has 0 radical (unpaired) electrons. The van der Waals surface area contributed by atoms with Gasteiger partial charge >= 0.3 is 0 Å². The fourth-order valence-corrected chi connectivity index (χ4v) is 2.43. The summed E-state index contributed by atoms with van der Waals surface area (Å²) in [7, 11) is 4.10. The topological polar surface area (TPSA) is 62.2 Å². The van der Waals surface area contributed by atoms with Crippen molar-refractivity contribution in [2.45, 2.75) is 19.8 Å². The first-order valence-corrected chi connectivity index (χ1v) is 7.12. The first kappa shape index (κ1) is 15.3. The summed E-state index contributed by atoms with van der Waals surface area (Å²) in [4.78, 5) is 15.9. The first-order chi connectivity index (χ1) is 10.0. The molecule has 5 nitrogen and oxygen atoms in total. The van der Waals surface area contributed by atoms with Crippen LogP contribution in [0.4, 0.5) is 5.69 Å². The van der Waals surface area contributed by atoms with Crippen molar-refractivity contribution < 1.29 is 4.92 Å². The Morgan fingerprint density at radius 3 is 2.81 bits per heavy atom. The Balaban J connectivity index is 2.39. The number of rotatable bonds is 6. The van der Waals surface area contributed by atoms with Gasteiger partial charge in [-0.3, -0.25) is 10.1 Å². The number of H-pyrrole nitrogens is 1. The number of nitrogens with zero attached hydrogens (tertiary/aromatic N) is 2. The van der Waals surface area contributed by atoms with Gasteiger partial charge in [-0.15, -0.1) is 0 Å². The Hall–Kier alpha value is -2.14. The molecule has 1 aromatic carbocycles. The maximum Gasteiger partial charge on any atom is 0.270 e. The highest BCUT2D eigenvalue weighted by atomic mass is 16.6. The van der Waals surface area contributed by atoms with Crippen molar-refractivity contribution in [3.8, 4) is 0 Å². The predicted octanol–water partition coefficient (Wildman–Crippen LogP) is 3.82. The van der Waals surface area contributed by atoms with Crippen LogP contribution in [0.15, 0.2) is 30.5 Å². The number of benzene rings is 1. The van der Waals surface area contributed by atoms with Crippen LogP contribution < -0.4 is 0 Å². The lowest BCUT2D eigenvalue weighted by atomic mass is 10.0. The number of hydrogen-bond acceptors (Lipinski definition) is 3. The van der Waals surface area contributed by atoms with Gasteiger partial charge < -0.3 is 9.88 Å². The standard InChI is InChI=1S/C16H21N3O2/c1-4-12(6-5-9-18(2)3)15-11-17-16-8-7-13(19(20)21)10-14(15)16/h6-8,10-11,17H,4-5,9H2,1-3H3. The van der Waals surface area contributed by atoms with Crippen LogP contribution in [0.1, 0.15) is 25.3 Å².